The van der Waals surface area contributed by atoms with Crippen LogP contribution in [0.15, 0.2) is 0 Å². The van der Waals surface area contributed by atoms with Crippen LogP contribution >= 0.6 is 0 Å². The van der Waals surface area contributed by atoms with Gasteiger partial charge in [0.05, 0.1) is 6.10 Å². The zero-order chi connectivity index (χ0) is 14.4. The number of carbonyl (C=O) groups is 1. The van der Waals surface area contributed by atoms with Gasteiger partial charge in [0.25, 0.3) is 0 Å². The van der Waals surface area contributed by atoms with Gasteiger partial charge in [0, 0.05) is 19.1 Å². The van der Waals surface area contributed by atoms with Crippen molar-refractivity contribution in [3.8, 4) is 0 Å². The number of ether oxygens (including phenoxy) is 1. The summed E-state index contributed by atoms with van der Waals surface area (Å²) in [6, 6.07) is 0.433. The maximum absolute atomic E-state index is 10.8. The summed E-state index contributed by atoms with van der Waals surface area (Å²) in [6.45, 7) is 6.18. The number of nitrogens with zero attached hydrogens (tertiary/aromatic N) is 1. The summed E-state index contributed by atoms with van der Waals surface area (Å²) < 4.78 is 5.51. The van der Waals surface area contributed by atoms with Crippen molar-refractivity contribution >= 4 is 5.97 Å². The molecule has 0 aromatic rings. The minimum absolute atomic E-state index is 0.0397. The molecule has 0 radical (unpaired) electrons. The Kier molecular flexibility index (Phi) is 6.75. The number of nitrogens with one attached hydrogen (secondary N) is 1. The average molecular weight is 272 g/mol. The first-order chi connectivity index (χ1) is 8.88. The third-order valence-corrected chi connectivity index (χ3v) is 3.36. The summed E-state index contributed by atoms with van der Waals surface area (Å²) in [6.07, 6.45) is 2.01. The van der Waals surface area contributed by atoms with Gasteiger partial charge in [0.15, 0.2) is 6.10 Å². The van der Waals surface area contributed by atoms with E-state index >= 15 is 0 Å². The van der Waals surface area contributed by atoms with Crippen molar-refractivity contribution in [2.45, 2.75) is 51.4 Å². The van der Waals surface area contributed by atoms with Crippen molar-refractivity contribution < 1.29 is 14.6 Å². The standard InChI is InChI=1S/C14H28N2O3/c1-10(2)7-11(9-16(3)4)15-8-12-5-6-13(19-12)14(17)18/h10-13,15H,5-9H2,1-4H3,(H,17,18). The lowest BCUT2D eigenvalue weighted by molar-refractivity contribution is -0.149. The SMILES string of the molecule is CC(C)CC(CN(C)C)NCC1CCC(C(=O)O)O1. The normalized spacial score (nSPS) is 25.2. The highest BCUT2D eigenvalue weighted by molar-refractivity contribution is 5.72. The predicted molar refractivity (Wildman–Crippen MR) is 75.3 cm³/mol. The van der Waals surface area contributed by atoms with Crippen LogP contribution < -0.4 is 5.32 Å². The fourth-order valence-corrected chi connectivity index (χ4v) is 2.57. The van der Waals surface area contributed by atoms with Crippen molar-refractivity contribution in [1.82, 2.24) is 10.2 Å². The van der Waals surface area contributed by atoms with E-state index in [0.717, 1.165) is 25.9 Å². The first-order valence-corrected chi connectivity index (χ1v) is 7.14. The molecule has 0 aromatic heterocycles. The molecule has 112 valence electrons. The predicted octanol–water partition coefficient (Wildman–Crippen LogP) is 1.18. The molecule has 5 nitrogen and oxygen atoms in total. The summed E-state index contributed by atoms with van der Waals surface area (Å²) in [5, 5.41) is 12.4. The monoisotopic (exact) mass is 272 g/mol. The molecule has 0 bridgehead atoms. The van der Waals surface area contributed by atoms with Crippen LogP contribution in [0.1, 0.15) is 33.1 Å². The first kappa shape index (κ1) is 16.4. The van der Waals surface area contributed by atoms with Crippen molar-refractivity contribution in [2.24, 2.45) is 5.92 Å². The number of rotatable bonds is 8. The van der Waals surface area contributed by atoms with E-state index in [1.807, 2.05) is 0 Å². The van der Waals surface area contributed by atoms with E-state index < -0.39 is 12.1 Å². The lowest BCUT2D eigenvalue weighted by atomic mass is 10.0. The summed E-state index contributed by atoms with van der Waals surface area (Å²) >= 11 is 0. The molecule has 0 aliphatic carbocycles. The highest BCUT2D eigenvalue weighted by Gasteiger charge is 2.30. The second-order valence-corrected chi connectivity index (χ2v) is 6.16. The summed E-state index contributed by atoms with van der Waals surface area (Å²) in [7, 11) is 4.14. The average Bonchev–Trinajstić information content (AvgIpc) is 2.73. The molecule has 1 aliphatic rings. The molecule has 0 amide bonds. The Morgan fingerprint density at radius 3 is 2.58 bits per heavy atom. The van der Waals surface area contributed by atoms with Gasteiger partial charge in [-0.25, -0.2) is 4.79 Å². The van der Waals surface area contributed by atoms with Gasteiger partial charge in [-0.05, 0) is 39.3 Å². The van der Waals surface area contributed by atoms with E-state index in [1.54, 1.807) is 0 Å². The molecule has 1 fully saturated rings. The van der Waals surface area contributed by atoms with Crippen LogP contribution in [0.5, 0.6) is 0 Å². The number of hydrogen-bond acceptors (Lipinski definition) is 4. The number of likely N-dealkylation sites (N-methyl/N-ethyl adjacent to an activating group) is 1. The molecule has 0 saturated carbocycles. The van der Waals surface area contributed by atoms with Crippen LogP contribution in [-0.4, -0.2) is 61.4 Å². The van der Waals surface area contributed by atoms with Gasteiger partial charge in [-0.15, -0.1) is 0 Å². The molecule has 1 heterocycles. The van der Waals surface area contributed by atoms with Gasteiger partial charge in [-0.3, -0.25) is 0 Å². The van der Waals surface area contributed by atoms with Crippen LogP contribution in [0.2, 0.25) is 0 Å². The molecular weight excluding hydrogens is 244 g/mol. The maximum atomic E-state index is 10.8. The molecule has 5 heteroatoms. The number of aliphatic carboxylic acids is 1. The fraction of sp³-hybridized carbons (Fsp3) is 0.929. The van der Waals surface area contributed by atoms with Crippen molar-refractivity contribution in [1.29, 1.82) is 0 Å². The van der Waals surface area contributed by atoms with Gasteiger partial charge in [0.1, 0.15) is 0 Å². The maximum Gasteiger partial charge on any atom is 0.332 e. The number of carboxylic acid groups (broad SMARTS) is 1. The molecule has 1 aliphatic heterocycles. The lowest BCUT2D eigenvalue weighted by Crippen LogP contribution is -2.42. The number of carboxylic acids is 1. The van der Waals surface area contributed by atoms with Crippen LogP contribution in [-0.2, 0) is 9.53 Å². The largest absolute Gasteiger partial charge is 0.479 e. The quantitative estimate of drug-likeness (QED) is 0.695. The summed E-state index contributed by atoms with van der Waals surface area (Å²) in [5.41, 5.74) is 0. The van der Waals surface area contributed by atoms with Crippen LogP contribution in [0.3, 0.4) is 0 Å². The molecule has 3 unspecified atom stereocenters. The Hall–Kier alpha value is -0.650. The number of hydrogen-bond donors (Lipinski definition) is 2. The molecule has 1 rings (SSSR count). The molecule has 19 heavy (non-hydrogen) atoms. The third kappa shape index (κ3) is 6.36. The van der Waals surface area contributed by atoms with Crippen LogP contribution in [0, 0.1) is 5.92 Å². The Morgan fingerprint density at radius 2 is 2.11 bits per heavy atom. The van der Waals surface area contributed by atoms with Gasteiger partial charge < -0.3 is 20.1 Å². The Morgan fingerprint density at radius 1 is 1.42 bits per heavy atom. The zero-order valence-corrected chi connectivity index (χ0v) is 12.6. The zero-order valence-electron chi connectivity index (χ0n) is 12.6. The Labute approximate surface area is 116 Å². The highest BCUT2D eigenvalue weighted by atomic mass is 16.5. The molecule has 0 aromatic carbocycles. The first-order valence-electron chi connectivity index (χ1n) is 7.14. The molecule has 0 spiro atoms. The fourth-order valence-electron chi connectivity index (χ4n) is 2.57. The second kappa shape index (κ2) is 7.82. The minimum Gasteiger partial charge on any atom is -0.479 e. The van der Waals surface area contributed by atoms with Gasteiger partial charge in [-0.1, -0.05) is 13.8 Å². The van der Waals surface area contributed by atoms with Gasteiger partial charge in [0.2, 0.25) is 0 Å². The van der Waals surface area contributed by atoms with E-state index in [-0.39, 0.29) is 6.10 Å². The molecule has 2 N–H and O–H groups in total. The molecule has 3 atom stereocenters. The van der Waals surface area contributed by atoms with Crippen LogP contribution in [0.4, 0.5) is 0 Å². The second-order valence-electron chi connectivity index (χ2n) is 6.16. The van der Waals surface area contributed by atoms with E-state index in [4.69, 9.17) is 9.84 Å². The molecule has 1 saturated heterocycles. The van der Waals surface area contributed by atoms with Crippen molar-refractivity contribution in [3.63, 3.8) is 0 Å². The van der Waals surface area contributed by atoms with Gasteiger partial charge >= 0.3 is 5.97 Å². The summed E-state index contributed by atoms with van der Waals surface area (Å²) in [5.74, 6) is -0.191. The van der Waals surface area contributed by atoms with Crippen LogP contribution in [0.25, 0.3) is 0 Å². The smallest absolute Gasteiger partial charge is 0.332 e. The molecular formula is C14H28N2O3. The summed E-state index contributed by atoms with van der Waals surface area (Å²) in [4.78, 5) is 13.0. The van der Waals surface area contributed by atoms with E-state index in [1.165, 1.54) is 0 Å². The minimum atomic E-state index is -0.838. The van der Waals surface area contributed by atoms with Gasteiger partial charge in [-0.2, -0.15) is 0 Å². The lowest BCUT2D eigenvalue weighted by Gasteiger charge is -2.25. The third-order valence-electron chi connectivity index (χ3n) is 3.36. The Balaban J connectivity index is 2.33. The van der Waals surface area contributed by atoms with E-state index in [0.29, 0.717) is 18.4 Å². The van der Waals surface area contributed by atoms with Crippen molar-refractivity contribution in [2.75, 3.05) is 27.2 Å². The highest BCUT2D eigenvalue weighted by Crippen LogP contribution is 2.19. The topological polar surface area (TPSA) is 61.8 Å². The van der Waals surface area contributed by atoms with E-state index in [2.05, 4.69) is 38.2 Å². The Bertz CT molecular complexity index is 272. The van der Waals surface area contributed by atoms with Crippen molar-refractivity contribution in [3.05, 3.63) is 0 Å². The van der Waals surface area contributed by atoms with E-state index in [9.17, 15) is 4.79 Å².